The van der Waals surface area contributed by atoms with Gasteiger partial charge in [-0.15, -0.1) is 0 Å². The molecule has 0 bridgehead atoms. The van der Waals surface area contributed by atoms with Crippen LogP contribution in [0.3, 0.4) is 0 Å². The standard InChI is InChI=1S/C32H53N9O7/c1-6-19(4)26(41-27(43)20(5)38-28(44)22(33)16-21-11-8-7-9-12-21)30(46)37-17-25(42)39-23(13-10-14-36-32(34)35)29(45)40-24(31(47)48)15-18(2)3/h7-9,11-12,18-20,22-24,26H,6,10,13-17,33H2,1-5H3,(H,37,46)(H,38,44)(H,39,42)(H,40,45)(H,41,43)(H,47,48)(H4,34,35,36)/t19-,20-,22-,23-,24-,26-/m0/s1. The van der Waals surface area contributed by atoms with Gasteiger partial charge in [0.2, 0.25) is 29.5 Å². The molecule has 1 aromatic carbocycles. The summed E-state index contributed by atoms with van der Waals surface area (Å²) in [5.41, 5.74) is 17.6. The van der Waals surface area contributed by atoms with Crippen molar-refractivity contribution in [2.75, 3.05) is 13.1 Å². The Hall–Kier alpha value is -4.73. The summed E-state index contributed by atoms with van der Waals surface area (Å²) in [6.07, 6.45) is 1.33. The molecule has 0 saturated heterocycles. The fourth-order valence-electron chi connectivity index (χ4n) is 4.59. The van der Waals surface area contributed by atoms with Crippen LogP contribution in [0.25, 0.3) is 0 Å². The summed E-state index contributed by atoms with van der Waals surface area (Å²) in [5, 5.41) is 22.2. The van der Waals surface area contributed by atoms with Gasteiger partial charge in [0.1, 0.15) is 24.2 Å². The number of hydrogen-bond acceptors (Lipinski definition) is 8. The third-order valence-electron chi connectivity index (χ3n) is 7.52. The third kappa shape index (κ3) is 15.7. The first-order valence-electron chi connectivity index (χ1n) is 16.1. The highest BCUT2D eigenvalue weighted by Gasteiger charge is 2.30. The van der Waals surface area contributed by atoms with Gasteiger partial charge in [-0.25, -0.2) is 4.79 Å². The van der Waals surface area contributed by atoms with Crippen molar-refractivity contribution in [3.8, 4) is 0 Å². The Morgan fingerprint density at radius 3 is 2.04 bits per heavy atom. The molecule has 0 aliphatic carbocycles. The van der Waals surface area contributed by atoms with Crippen LogP contribution in [-0.4, -0.2) is 89.9 Å². The van der Waals surface area contributed by atoms with Gasteiger partial charge in [0.25, 0.3) is 0 Å². The molecule has 12 N–H and O–H groups in total. The Morgan fingerprint density at radius 1 is 0.833 bits per heavy atom. The van der Waals surface area contributed by atoms with Crippen molar-refractivity contribution >= 4 is 41.5 Å². The fraction of sp³-hybridized carbons (Fsp3) is 0.594. The Morgan fingerprint density at radius 2 is 1.48 bits per heavy atom. The number of carbonyl (C=O) groups excluding carboxylic acids is 5. The molecular weight excluding hydrogens is 622 g/mol. The van der Waals surface area contributed by atoms with Crippen molar-refractivity contribution in [3.63, 3.8) is 0 Å². The van der Waals surface area contributed by atoms with Crippen molar-refractivity contribution in [2.24, 2.45) is 34.0 Å². The van der Waals surface area contributed by atoms with E-state index in [1.165, 1.54) is 6.92 Å². The molecule has 0 spiro atoms. The zero-order chi connectivity index (χ0) is 36.4. The maximum absolute atomic E-state index is 13.2. The van der Waals surface area contributed by atoms with E-state index in [2.05, 4.69) is 31.6 Å². The quantitative estimate of drug-likeness (QED) is 0.0429. The number of benzene rings is 1. The van der Waals surface area contributed by atoms with Crippen LogP contribution >= 0.6 is 0 Å². The summed E-state index contributed by atoms with van der Waals surface area (Å²) in [6.45, 7) is 8.30. The highest BCUT2D eigenvalue weighted by molar-refractivity contribution is 5.95. The maximum Gasteiger partial charge on any atom is 0.326 e. The van der Waals surface area contributed by atoms with Gasteiger partial charge in [-0.1, -0.05) is 64.4 Å². The number of guanidine groups is 1. The molecule has 0 aliphatic rings. The van der Waals surface area contributed by atoms with E-state index in [1.807, 2.05) is 51.1 Å². The van der Waals surface area contributed by atoms with Gasteiger partial charge in [-0.3, -0.25) is 29.0 Å². The molecule has 268 valence electrons. The van der Waals surface area contributed by atoms with Gasteiger partial charge in [0.15, 0.2) is 5.96 Å². The molecule has 1 rings (SSSR count). The monoisotopic (exact) mass is 675 g/mol. The Bertz CT molecular complexity index is 1260. The highest BCUT2D eigenvalue weighted by atomic mass is 16.4. The highest BCUT2D eigenvalue weighted by Crippen LogP contribution is 2.10. The van der Waals surface area contributed by atoms with Gasteiger partial charge in [0, 0.05) is 6.54 Å². The lowest BCUT2D eigenvalue weighted by molar-refractivity contribution is -0.142. The normalized spacial score (nSPS) is 14.6. The van der Waals surface area contributed by atoms with Gasteiger partial charge in [0.05, 0.1) is 12.6 Å². The number of carboxylic acids is 1. The second kappa shape index (κ2) is 21.2. The first-order chi connectivity index (χ1) is 22.5. The number of aliphatic carboxylic acids is 1. The van der Waals surface area contributed by atoms with Gasteiger partial charge < -0.3 is 48.9 Å². The summed E-state index contributed by atoms with van der Waals surface area (Å²) in [7, 11) is 0. The number of nitrogens with zero attached hydrogens (tertiary/aromatic N) is 1. The minimum Gasteiger partial charge on any atom is -0.480 e. The topological polar surface area (TPSA) is 273 Å². The average molecular weight is 676 g/mol. The molecule has 16 nitrogen and oxygen atoms in total. The molecule has 1 aromatic rings. The lowest BCUT2D eigenvalue weighted by Gasteiger charge is -2.26. The van der Waals surface area contributed by atoms with E-state index in [9.17, 15) is 33.9 Å². The average Bonchev–Trinajstić information content (AvgIpc) is 3.02. The number of nitrogens with one attached hydrogen (secondary N) is 5. The van der Waals surface area contributed by atoms with E-state index < -0.39 is 72.3 Å². The smallest absolute Gasteiger partial charge is 0.326 e. The summed E-state index contributed by atoms with van der Waals surface area (Å²) >= 11 is 0. The summed E-state index contributed by atoms with van der Waals surface area (Å²) < 4.78 is 0. The van der Waals surface area contributed by atoms with Crippen LogP contribution in [0.1, 0.15) is 65.9 Å². The molecule has 0 radical (unpaired) electrons. The molecule has 0 aliphatic heterocycles. The van der Waals surface area contributed by atoms with Crippen LogP contribution in [-0.2, 0) is 35.2 Å². The van der Waals surface area contributed by atoms with Crippen LogP contribution in [0, 0.1) is 11.8 Å². The van der Waals surface area contributed by atoms with Crippen molar-refractivity contribution in [1.82, 2.24) is 26.6 Å². The molecule has 16 heteroatoms. The van der Waals surface area contributed by atoms with Crippen molar-refractivity contribution < 1.29 is 33.9 Å². The Labute approximate surface area is 281 Å². The van der Waals surface area contributed by atoms with Gasteiger partial charge in [-0.2, -0.15) is 0 Å². The van der Waals surface area contributed by atoms with Crippen LogP contribution in [0.2, 0.25) is 0 Å². The number of aliphatic imine (C=N–C) groups is 1. The number of carbonyl (C=O) groups is 6. The lowest BCUT2D eigenvalue weighted by Crippen LogP contribution is -2.57. The first kappa shape index (κ1) is 41.3. The van der Waals surface area contributed by atoms with Crippen LogP contribution in [0.5, 0.6) is 0 Å². The predicted octanol–water partition coefficient (Wildman–Crippen LogP) is -1.14. The molecule has 6 atom stereocenters. The molecule has 5 amide bonds. The minimum absolute atomic E-state index is 0.0213. The Balaban J connectivity index is 2.86. The fourth-order valence-corrected chi connectivity index (χ4v) is 4.59. The van der Waals surface area contributed by atoms with E-state index in [4.69, 9.17) is 17.2 Å². The number of hydrogen-bond donors (Lipinski definition) is 9. The SMILES string of the molecule is CC[C@H](C)[C@H](NC(=O)[C@H](C)NC(=O)[C@@H](N)Cc1ccccc1)C(=O)NCC(=O)N[C@@H](CCCN=C(N)N)C(=O)N[C@@H](CC(C)C)C(=O)O. The molecular formula is C32H53N9O7. The molecule has 0 unspecified atom stereocenters. The second-order valence-corrected chi connectivity index (χ2v) is 12.2. The number of amides is 5. The van der Waals surface area contributed by atoms with Crippen LogP contribution in [0.4, 0.5) is 0 Å². The Kier molecular flexibility index (Phi) is 18.2. The lowest BCUT2D eigenvalue weighted by atomic mass is 9.98. The van der Waals surface area contributed by atoms with E-state index in [-0.39, 0.29) is 43.6 Å². The minimum atomic E-state index is -1.21. The molecule has 0 saturated carbocycles. The number of carboxylic acid groups (broad SMARTS) is 1. The largest absolute Gasteiger partial charge is 0.480 e. The van der Waals surface area contributed by atoms with Crippen molar-refractivity contribution in [1.29, 1.82) is 0 Å². The molecule has 48 heavy (non-hydrogen) atoms. The second-order valence-electron chi connectivity index (χ2n) is 12.2. The summed E-state index contributed by atoms with van der Waals surface area (Å²) in [6, 6.07) is 3.94. The zero-order valence-corrected chi connectivity index (χ0v) is 28.5. The number of rotatable bonds is 21. The molecule has 0 fully saturated rings. The van der Waals surface area contributed by atoms with Crippen molar-refractivity contribution in [3.05, 3.63) is 35.9 Å². The van der Waals surface area contributed by atoms with Crippen LogP contribution in [0.15, 0.2) is 35.3 Å². The molecule has 0 aromatic heterocycles. The first-order valence-corrected chi connectivity index (χ1v) is 16.1. The van der Waals surface area contributed by atoms with E-state index in [0.717, 1.165) is 5.56 Å². The zero-order valence-electron chi connectivity index (χ0n) is 28.5. The van der Waals surface area contributed by atoms with Crippen LogP contribution < -0.4 is 43.8 Å². The van der Waals surface area contributed by atoms with E-state index in [1.54, 1.807) is 6.92 Å². The maximum atomic E-state index is 13.2. The number of nitrogens with two attached hydrogens (primary N) is 3. The van der Waals surface area contributed by atoms with Crippen molar-refractivity contribution in [2.45, 2.75) is 96.9 Å². The molecule has 0 heterocycles. The predicted molar refractivity (Wildman–Crippen MR) is 181 cm³/mol. The van der Waals surface area contributed by atoms with E-state index in [0.29, 0.717) is 12.8 Å². The summed E-state index contributed by atoms with van der Waals surface area (Å²) in [4.78, 5) is 80.2. The van der Waals surface area contributed by atoms with Gasteiger partial charge in [-0.05, 0) is 50.0 Å². The van der Waals surface area contributed by atoms with Gasteiger partial charge >= 0.3 is 5.97 Å². The third-order valence-corrected chi connectivity index (χ3v) is 7.52. The van der Waals surface area contributed by atoms with E-state index >= 15 is 0 Å². The summed E-state index contributed by atoms with van der Waals surface area (Å²) in [5.74, 6) is -4.95.